The van der Waals surface area contributed by atoms with Crippen molar-refractivity contribution in [2.24, 2.45) is 0 Å². The molecule has 100 valence electrons. The SMILES string of the molecule is N#CCCCCNC(=O)c1cccc2c1OCCO2. The fraction of sp³-hybridized carbons (Fsp3) is 0.429. The number of amides is 1. The molecule has 1 amide bonds. The normalized spacial score (nSPS) is 12.6. The number of fused-ring (bicyclic) bond motifs is 1. The highest BCUT2D eigenvalue weighted by atomic mass is 16.6. The van der Waals surface area contributed by atoms with Gasteiger partial charge in [0.25, 0.3) is 5.91 Å². The van der Waals surface area contributed by atoms with E-state index in [9.17, 15) is 4.79 Å². The maximum absolute atomic E-state index is 12.0. The molecular formula is C14H16N2O3. The molecule has 1 aliphatic heterocycles. The molecule has 0 saturated carbocycles. The van der Waals surface area contributed by atoms with Gasteiger partial charge in [-0.05, 0) is 25.0 Å². The molecule has 5 heteroatoms. The summed E-state index contributed by atoms with van der Waals surface area (Å²) < 4.78 is 10.9. The summed E-state index contributed by atoms with van der Waals surface area (Å²) in [5, 5.41) is 11.2. The van der Waals surface area contributed by atoms with Crippen LogP contribution in [0.1, 0.15) is 29.6 Å². The lowest BCUT2D eigenvalue weighted by atomic mass is 10.1. The molecule has 2 rings (SSSR count). The van der Waals surface area contributed by atoms with Gasteiger partial charge in [0.05, 0.1) is 11.6 Å². The average Bonchev–Trinajstić information content (AvgIpc) is 2.46. The molecule has 0 atom stereocenters. The van der Waals surface area contributed by atoms with E-state index in [1.807, 2.05) is 0 Å². The fourth-order valence-electron chi connectivity index (χ4n) is 1.88. The Morgan fingerprint density at radius 1 is 1.32 bits per heavy atom. The van der Waals surface area contributed by atoms with Gasteiger partial charge in [-0.15, -0.1) is 0 Å². The highest BCUT2D eigenvalue weighted by Gasteiger charge is 2.19. The van der Waals surface area contributed by atoms with E-state index in [-0.39, 0.29) is 5.91 Å². The van der Waals surface area contributed by atoms with E-state index in [0.29, 0.717) is 43.2 Å². The maximum Gasteiger partial charge on any atom is 0.255 e. The molecule has 1 aromatic carbocycles. The minimum Gasteiger partial charge on any atom is -0.486 e. The number of nitriles is 1. The average molecular weight is 260 g/mol. The lowest BCUT2D eigenvalue weighted by Crippen LogP contribution is -2.26. The Labute approximate surface area is 112 Å². The summed E-state index contributed by atoms with van der Waals surface area (Å²) in [4.78, 5) is 12.0. The van der Waals surface area contributed by atoms with Gasteiger partial charge in [-0.1, -0.05) is 6.07 Å². The van der Waals surface area contributed by atoms with Crippen molar-refractivity contribution >= 4 is 5.91 Å². The first-order chi connectivity index (χ1) is 9.33. The Bertz CT molecular complexity index is 494. The summed E-state index contributed by atoms with van der Waals surface area (Å²) in [6.45, 7) is 1.52. The van der Waals surface area contributed by atoms with Crippen molar-refractivity contribution in [3.05, 3.63) is 23.8 Å². The largest absolute Gasteiger partial charge is 0.486 e. The fourth-order valence-corrected chi connectivity index (χ4v) is 1.88. The lowest BCUT2D eigenvalue weighted by Gasteiger charge is -2.20. The topological polar surface area (TPSA) is 71.4 Å². The third kappa shape index (κ3) is 3.38. The van der Waals surface area contributed by atoms with Crippen molar-refractivity contribution in [1.29, 1.82) is 5.26 Å². The Balaban J connectivity index is 1.94. The molecule has 19 heavy (non-hydrogen) atoms. The van der Waals surface area contributed by atoms with Crippen LogP contribution in [-0.2, 0) is 0 Å². The Kier molecular flexibility index (Phi) is 4.62. The molecule has 0 spiro atoms. The van der Waals surface area contributed by atoms with Gasteiger partial charge in [-0.25, -0.2) is 0 Å². The molecule has 5 nitrogen and oxygen atoms in total. The molecule has 1 aromatic rings. The standard InChI is InChI=1S/C14H16N2O3/c15-7-2-1-3-8-16-14(17)11-5-4-6-12-13(11)19-10-9-18-12/h4-6H,1-3,8-10H2,(H,16,17). The number of para-hydroxylation sites is 1. The first-order valence-electron chi connectivity index (χ1n) is 6.36. The summed E-state index contributed by atoms with van der Waals surface area (Å²) in [7, 11) is 0. The molecule has 0 radical (unpaired) electrons. The van der Waals surface area contributed by atoms with Crippen LogP contribution in [-0.4, -0.2) is 25.7 Å². The zero-order chi connectivity index (χ0) is 13.5. The predicted octanol–water partition coefficient (Wildman–Crippen LogP) is 1.88. The first-order valence-corrected chi connectivity index (χ1v) is 6.36. The number of carbonyl (C=O) groups excluding carboxylic acids is 1. The quantitative estimate of drug-likeness (QED) is 0.820. The number of ether oxygens (including phenoxy) is 2. The molecule has 0 aliphatic carbocycles. The summed E-state index contributed by atoms with van der Waals surface area (Å²) in [6, 6.07) is 7.37. The third-order valence-corrected chi connectivity index (χ3v) is 2.81. The smallest absolute Gasteiger partial charge is 0.255 e. The van der Waals surface area contributed by atoms with E-state index in [4.69, 9.17) is 14.7 Å². The number of nitrogens with one attached hydrogen (secondary N) is 1. The van der Waals surface area contributed by atoms with Gasteiger partial charge in [0.2, 0.25) is 0 Å². The summed E-state index contributed by atoms with van der Waals surface area (Å²) in [5.74, 6) is 0.964. The van der Waals surface area contributed by atoms with E-state index >= 15 is 0 Å². The minimum atomic E-state index is -0.167. The monoisotopic (exact) mass is 260 g/mol. The zero-order valence-electron chi connectivity index (χ0n) is 10.6. The highest BCUT2D eigenvalue weighted by molar-refractivity contribution is 5.97. The molecule has 0 unspecified atom stereocenters. The van der Waals surface area contributed by atoms with Crippen molar-refractivity contribution in [1.82, 2.24) is 5.32 Å². The first kappa shape index (κ1) is 13.2. The third-order valence-electron chi connectivity index (χ3n) is 2.81. The molecule has 1 N–H and O–H groups in total. The van der Waals surface area contributed by atoms with E-state index < -0.39 is 0 Å². The van der Waals surface area contributed by atoms with Crippen LogP contribution < -0.4 is 14.8 Å². The Morgan fingerprint density at radius 2 is 2.16 bits per heavy atom. The summed E-state index contributed by atoms with van der Waals surface area (Å²) >= 11 is 0. The summed E-state index contributed by atoms with van der Waals surface area (Å²) in [5.41, 5.74) is 0.498. The number of nitrogens with zero attached hydrogens (tertiary/aromatic N) is 1. The van der Waals surface area contributed by atoms with Gasteiger partial charge in [-0.3, -0.25) is 4.79 Å². The molecule has 0 bridgehead atoms. The Hall–Kier alpha value is -2.22. The highest BCUT2D eigenvalue weighted by Crippen LogP contribution is 2.33. The van der Waals surface area contributed by atoms with Crippen molar-refractivity contribution in [2.45, 2.75) is 19.3 Å². The molecular weight excluding hydrogens is 244 g/mol. The predicted molar refractivity (Wildman–Crippen MR) is 69.2 cm³/mol. The lowest BCUT2D eigenvalue weighted by molar-refractivity contribution is 0.0942. The van der Waals surface area contributed by atoms with Gasteiger partial charge in [-0.2, -0.15) is 5.26 Å². The van der Waals surface area contributed by atoms with Crippen LogP contribution in [0.25, 0.3) is 0 Å². The van der Waals surface area contributed by atoms with Crippen LogP contribution in [0.2, 0.25) is 0 Å². The molecule has 1 heterocycles. The van der Waals surface area contributed by atoms with Gasteiger partial charge in [0, 0.05) is 13.0 Å². The maximum atomic E-state index is 12.0. The van der Waals surface area contributed by atoms with Gasteiger partial charge in [0.1, 0.15) is 13.2 Å². The van der Waals surface area contributed by atoms with E-state index in [2.05, 4.69) is 11.4 Å². The van der Waals surface area contributed by atoms with Gasteiger partial charge >= 0.3 is 0 Å². The van der Waals surface area contributed by atoms with Crippen LogP contribution in [0.3, 0.4) is 0 Å². The zero-order valence-corrected chi connectivity index (χ0v) is 10.6. The van der Waals surface area contributed by atoms with Crippen LogP contribution in [0.5, 0.6) is 11.5 Å². The number of carbonyl (C=O) groups is 1. The number of hydrogen-bond acceptors (Lipinski definition) is 4. The Morgan fingerprint density at radius 3 is 3.00 bits per heavy atom. The summed E-state index contributed by atoms with van der Waals surface area (Å²) in [6.07, 6.45) is 2.11. The van der Waals surface area contributed by atoms with Crippen LogP contribution >= 0.6 is 0 Å². The molecule has 0 fully saturated rings. The van der Waals surface area contributed by atoms with Crippen LogP contribution in [0, 0.1) is 11.3 Å². The molecule has 1 aliphatic rings. The molecule has 0 saturated heterocycles. The molecule has 0 aromatic heterocycles. The van der Waals surface area contributed by atoms with Crippen molar-refractivity contribution in [2.75, 3.05) is 19.8 Å². The van der Waals surface area contributed by atoms with E-state index in [0.717, 1.165) is 12.8 Å². The minimum absolute atomic E-state index is 0.167. The second kappa shape index (κ2) is 6.64. The van der Waals surface area contributed by atoms with Crippen molar-refractivity contribution in [3.63, 3.8) is 0 Å². The van der Waals surface area contributed by atoms with Crippen molar-refractivity contribution < 1.29 is 14.3 Å². The number of hydrogen-bond donors (Lipinski definition) is 1. The van der Waals surface area contributed by atoms with Gasteiger partial charge in [0.15, 0.2) is 11.5 Å². The number of rotatable bonds is 5. The van der Waals surface area contributed by atoms with Crippen LogP contribution in [0.4, 0.5) is 0 Å². The van der Waals surface area contributed by atoms with E-state index in [1.54, 1.807) is 18.2 Å². The second-order valence-corrected chi connectivity index (χ2v) is 4.20. The van der Waals surface area contributed by atoms with Crippen LogP contribution in [0.15, 0.2) is 18.2 Å². The van der Waals surface area contributed by atoms with Crippen molar-refractivity contribution in [3.8, 4) is 17.6 Å². The number of unbranched alkanes of at least 4 members (excludes halogenated alkanes) is 2. The van der Waals surface area contributed by atoms with Gasteiger partial charge < -0.3 is 14.8 Å². The second-order valence-electron chi connectivity index (χ2n) is 4.20. The number of benzene rings is 1. The van der Waals surface area contributed by atoms with E-state index in [1.165, 1.54) is 0 Å².